The lowest BCUT2D eigenvalue weighted by Crippen LogP contribution is -2.43. The van der Waals surface area contributed by atoms with Crippen LogP contribution >= 0.6 is 0 Å². The van der Waals surface area contributed by atoms with Gasteiger partial charge in [0, 0.05) is 12.2 Å². The fraction of sp³-hybridized carbons (Fsp3) is 0.444. The maximum Gasteiger partial charge on any atom is 0.360 e. The van der Waals surface area contributed by atoms with Gasteiger partial charge in [0.25, 0.3) is 0 Å². The second-order valence-corrected chi connectivity index (χ2v) is 6.50. The van der Waals surface area contributed by atoms with Crippen LogP contribution in [0.4, 0.5) is 10.5 Å². The van der Waals surface area contributed by atoms with Crippen LogP contribution in [-0.4, -0.2) is 70.8 Å². The predicted molar refractivity (Wildman–Crippen MR) is 95.6 cm³/mol. The van der Waals surface area contributed by atoms with E-state index in [1.165, 1.54) is 0 Å². The minimum absolute atomic E-state index is 0.0337. The number of anilines is 1. The minimum atomic E-state index is -0.480. The highest BCUT2D eigenvalue weighted by molar-refractivity contribution is 5.94. The van der Waals surface area contributed by atoms with Crippen molar-refractivity contribution >= 4 is 17.7 Å². The smallest absolute Gasteiger partial charge is 0.360 e. The highest BCUT2D eigenvalue weighted by Crippen LogP contribution is 2.26. The molecule has 2 saturated heterocycles. The van der Waals surface area contributed by atoms with Gasteiger partial charge in [0.15, 0.2) is 5.69 Å². The summed E-state index contributed by atoms with van der Waals surface area (Å²) in [6.07, 6.45) is 1.56. The number of benzene rings is 1. The van der Waals surface area contributed by atoms with Crippen molar-refractivity contribution in [1.29, 1.82) is 0 Å². The van der Waals surface area contributed by atoms with E-state index in [1.54, 1.807) is 22.7 Å². The van der Waals surface area contributed by atoms with Crippen LogP contribution in [0.2, 0.25) is 0 Å². The number of nitrogens with zero attached hydrogens (tertiary/aromatic N) is 5. The second-order valence-electron chi connectivity index (χ2n) is 6.50. The molecule has 0 N–H and O–H groups in total. The summed E-state index contributed by atoms with van der Waals surface area (Å²) in [5.74, 6) is -0.480. The molecule has 1 unspecified atom stereocenters. The van der Waals surface area contributed by atoms with Crippen LogP contribution in [-0.2, 0) is 16.0 Å². The van der Waals surface area contributed by atoms with Crippen molar-refractivity contribution in [3.63, 3.8) is 0 Å². The monoisotopic (exact) mass is 371 g/mol. The van der Waals surface area contributed by atoms with Gasteiger partial charge in [0.05, 0.1) is 45.1 Å². The minimum Gasteiger partial charge on any atom is -0.461 e. The maximum atomic E-state index is 12.6. The molecule has 9 heteroatoms. The molecular weight excluding hydrogens is 350 g/mol. The number of morpholine rings is 1. The summed E-state index contributed by atoms with van der Waals surface area (Å²) in [5, 5.41) is 7.79. The van der Waals surface area contributed by atoms with Gasteiger partial charge in [0.2, 0.25) is 0 Å². The molecule has 27 heavy (non-hydrogen) atoms. The summed E-state index contributed by atoms with van der Waals surface area (Å²) >= 11 is 0. The van der Waals surface area contributed by atoms with E-state index in [-0.39, 0.29) is 17.8 Å². The lowest BCUT2D eigenvalue weighted by Gasteiger charge is -2.27. The summed E-state index contributed by atoms with van der Waals surface area (Å²) in [5.41, 5.74) is 2.05. The Bertz CT molecular complexity index is 835. The summed E-state index contributed by atoms with van der Waals surface area (Å²) in [4.78, 5) is 27.9. The molecule has 2 fully saturated rings. The summed E-state index contributed by atoms with van der Waals surface area (Å²) < 4.78 is 12.0. The standard InChI is InChI=1S/C18H21N5O4/c1-2-27-17(24)16-11-21(20-19-16)9-13-3-5-14(6-4-13)23-10-15-12-26-8-7-22(15)18(23)25/h3-6,11,15H,2,7-10,12H2,1H3. The molecule has 0 radical (unpaired) electrons. The number of carbonyl (C=O) groups excluding carboxylic acids is 2. The Morgan fingerprint density at radius 1 is 1.33 bits per heavy atom. The van der Waals surface area contributed by atoms with Gasteiger partial charge in [-0.05, 0) is 24.6 Å². The van der Waals surface area contributed by atoms with E-state index < -0.39 is 5.97 Å². The topological polar surface area (TPSA) is 89.8 Å². The van der Waals surface area contributed by atoms with Crippen molar-refractivity contribution in [1.82, 2.24) is 19.9 Å². The molecule has 0 bridgehead atoms. The van der Waals surface area contributed by atoms with Crippen molar-refractivity contribution in [2.75, 3.05) is 37.8 Å². The highest BCUT2D eigenvalue weighted by Gasteiger charge is 2.39. The number of urea groups is 1. The zero-order valence-electron chi connectivity index (χ0n) is 15.1. The van der Waals surface area contributed by atoms with Gasteiger partial charge in [-0.3, -0.25) is 4.90 Å². The first kappa shape index (κ1) is 17.5. The van der Waals surface area contributed by atoms with Crippen molar-refractivity contribution in [3.05, 3.63) is 41.7 Å². The molecule has 2 aromatic rings. The van der Waals surface area contributed by atoms with Crippen molar-refractivity contribution in [2.45, 2.75) is 19.5 Å². The molecule has 0 aliphatic carbocycles. The van der Waals surface area contributed by atoms with E-state index >= 15 is 0 Å². The van der Waals surface area contributed by atoms with Crippen LogP contribution in [0.25, 0.3) is 0 Å². The van der Waals surface area contributed by atoms with Crippen LogP contribution in [0.1, 0.15) is 23.0 Å². The number of ether oxygens (including phenoxy) is 2. The number of fused-ring (bicyclic) bond motifs is 1. The number of amides is 2. The molecule has 1 aromatic carbocycles. The van der Waals surface area contributed by atoms with Crippen LogP contribution in [0.5, 0.6) is 0 Å². The molecule has 2 amide bonds. The van der Waals surface area contributed by atoms with E-state index in [2.05, 4.69) is 10.3 Å². The van der Waals surface area contributed by atoms with Gasteiger partial charge in [-0.25, -0.2) is 14.3 Å². The molecular formula is C18H21N5O4. The number of carbonyl (C=O) groups is 2. The second kappa shape index (κ2) is 7.36. The first-order valence-corrected chi connectivity index (χ1v) is 8.98. The zero-order valence-corrected chi connectivity index (χ0v) is 15.1. The van der Waals surface area contributed by atoms with Crippen LogP contribution in [0.3, 0.4) is 0 Å². The average Bonchev–Trinajstić information content (AvgIpc) is 3.28. The summed E-state index contributed by atoms with van der Waals surface area (Å²) in [7, 11) is 0. The van der Waals surface area contributed by atoms with Crippen LogP contribution in [0.15, 0.2) is 30.5 Å². The van der Waals surface area contributed by atoms with Crippen molar-refractivity contribution in [2.24, 2.45) is 0 Å². The normalized spacial score (nSPS) is 19.3. The van der Waals surface area contributed by atoms with Crippen molar-refractivity contribution in [3.8, 4) is 0 Å². The molecule has 2 aliphatic heterocycles. The number of hydrogen-bond acceptors (Lipinski definition) is 6. The third-order valence-electron chi connectivity index (χ3n) is 4.71. The number of esters is 1. The number of rotatable bonds is 5. The van der Waals surface area contributed by atoms with Crippen molar-refractivity contribution < 1.29 is 19.1 Å². The average molecular weight is 371 g/mol. The maximum absolute atomic E-state index is 12.6. The predicted octanol–water partition coefficient (Wildman–Crippen LogP) is 1.14. The van der Waals surface area contributed by atoms with Gasteiger partial charge in [-0.15, -0.1) is 5.10 Å². The van der Waals surface area contributed by atoms with Gasteiger partial charge in [-0.2, -0.15) is 0 Å². The Morgan fingerprint density at radius 3 is 2.89 bits per heavy atom. The van der Waals surface area contributed by atoms with Gasteiger partial charge < -0.3 is 14.4 Å². The molecule has 0 saturated carbocycles. The van der Waals surface area contributed by atoms with E-state index in [9.17, 15) is 9.59 Å². The zero-order chi connectivity index (χ0) is 18.8. The first-order chi connectivity index (χ1) is 13.2. The van der Waals surface area contributed by atoms with Gasteiger partial charge in [0.1, 0.15) is 0 Å². The third kappa shape index (κ3) is 3.50. The first-order valence-electron chi connectivity index (χ1n) is 8.98. The molecule has 0 spiro atoms. The Kier molecular flexibility index (Phi) is 4.76. The van der Waals surface area contributed by atoms with E-state index in [0.717, 1.165) is 11.3 Å². The lowest BCUT2D eigenvalue weighted by molar-refractivity contribution is 0.0300. The van der Waals surface area contributed by atoms with Crippen LogP contribution in [0, 0.1) is 0 Å². The molecule has 142 valence electrons. The Labute approximate surface area is 156 Å². The quantitative estimate of drug-likeness (QED) is 0.733. The molecule has 4 rings (SSSR count). The number of hydrogen-bond donors (Lipinski definition) is 0. The van der Waals surface area contributed by atoms with Crippen LogP contribution < -0.4 is 4.90 Å². The lowest BCUT2D eigenvalue weighted by atomic mass is 10.2. The van der Waals surface area contributed by atoms with Gasteiger partial charge >= 0.3 is 12.0 Å². The SMILES string of the molecule is CCOC(=O)c1cn(Cc2ccc(N3CC4COCCN4C3=O)cc2)nn1. The fourth-order valence-corrected chi connectivity index (χ4v) is 3.36. The largest absolute Gasteiger partial charge is 0.461 e. The van der Waals surface area contributed by atoms with E-state index in [0.29, 0.717) is 39.5 Å². The molecule has 1 atom stereocenters. The third-order valence-corrected chi connectivity index (χ3v) is 4.71. The highest BCUT2D eigenvalue weighted by atomic mass is 16.5. The molecule has 3 heterocycles. The molecule has 9 nitrogen and oxygen atoms in total. The Morgan fingerprint density at radius 2 is 2.15 bits per heavy atom. The van der Waals surface area contributed by atoms with E-state index in [4.69, 9.17) is 9.47 Å². The molecule has 2 aliphatic rings. The summed E-state index contributed by atoms with van der Waals surface area (Å²) in [6, 6.07) is 7.91. The molecule has 1 aromatic heterocycles. The number of aromatic nitrogens is 3. The van der Waals surface area contributed by atoms with Gasteiger partial charge in [-0.1, -0.05) is 17.3 Å². The fourth-order valence-electron chi connectivity index (χ4n) is 3.36. The van der Waals surface area contributed by atoms with E-state index in [1.807, 2.05) is 29.2 Å². The Hall–Kier alpha value is -2.94. The Balaban J connectivity index is 1.42. The summed E-state index contributed by atoms with van der Waals surface area (Å²) in [6.45, 7) is 5.00.